The highest BCUT2D eigenvalue weighted by Gasteiger charge is 2.32. The Labute approximate surface area is 244 Å². The Bertz CT molecular complexity index is 1190. The summed E-state index contributed by atoms with van der Waals surface area (Å²) in [5, 5.41) is 12.4. The first-order valence-corrected chi connectivity index (χ1v) is 12.6. The standard InChI is InChI=1S/C28H38N4O3.3ClH/c1-6-35-28(34)26-24(18-31(4)5)32(20-12-8-7-9-13-20)23-15-21(19-11-10-14-29-16-19)27(33)22(25(23)26)17-30(2)3;;;/h10-11,14-16,20,33H,6-9,12-13,17-18H2,1-5H3;3*1H. The molecule has 0 amide bonds. The smallest absolute Gasteiger partial charge is 0.340 e. The number of ether oxygens (including phenoxy) is 1. The zero-order chi connectivity index (χ0) is 25.1. The molecule has 0 spiro atoms. The Morgan fingerprint density at radius 3 is 2.29 bits per heavy atom. The van der Waals surface area contributed by atoms with Crippen molar-refractivity contribution in [3.8, 4) is 16.9 Å². The van der Waals surface area contributed by atoms with Crippen LogP contribution in [0.2, 0.25) is 0 Å². The molecule has 2 aromatic heterocycles. The minimum Gasteiger partial charge on any atom is -0.507 e. The molecule has 1 aromatic carbocycles. The van der Waals surface area contributed by atoms with Crippen molar-refractivity contribution in [2.45, 2.75) is 58.2 Å². The number of fused-ring (bicyclic) bond motifs is 1. The molecule has 3 aromatic rings. The zero-order valence-corrected chi connectivity index (χ0v) is 25.3. The molecule has 1 fully saturated rings. The van der Waals surface area contributed by atoms with Gasteiger partial charge >= 0.3 is 5.97 Å². The van der Waals surface area contributed by atoms with Gasteiger partial charge in [-0.3, -0.25) is 4.98 Å². The summed E-state index contributed by atoms with van der Waals surface area (Å²) >= 11 is 0. The van der Waals surface area contributed by atoms with E-state index in [1.165, 1.54) is 19.3 Å². The number of aromatic nitrogens is 2. The number of carbonyl (C=O) groups is 1. The van der Waals surface area contributed by atoms with Gasteiger partial charge in [0.1, 0.15) is 5.75 Å². The summed E-state index contributed by atoms with van der Waals surface area (Å²) in [6.07, 6.45) is 9.28. The molecule has 0 unspecified atom stereocenters. The third kappa shape index (κ3) is 6.93. The lowest BCUT2D eigenvalue weighted by Gasteiger charge is -2.28. The lowest BCUT2D eigenvalue weighted by molar-refractivity contribution is 0.0526. The van der Waals surface area contributed by atoms with E-state index >= 15 is 0 Å². The summed E-state index contributed by atoms with van der Waals surface area (Å²) in [5.74, 6) is -0.126. The summed E-state index contributed by atoms with van der Waals surface area (Å²) in [5.41, 5.74) is 4.90. The van der Waals surface area contributed by atoms with Gasteiger partial charge in [0.05, 0.1) is 17.7 Å². The number of carbonyl (C=O) groups excluding carboxylic acids is 1. The van der Waals surface area contributed by atoms with Crippen LogP contribution in [0.4, 0.5) is 0 Å². The Hall–Kier alpha value is -2.03. The molecule has 7 nitrogen and oxygen atoms in total. The van der Waals surface area contributed by atoms with Crippen molar-refractivity contribution >= 4 is 54.1 Å². The molecule has 1 aliphatic rings. The predicted molar refractivity (Wildman–Crippen MR) is 161 cm³/mol. The molecule has 4 rings (SSSR count). The number of hydrogen-bond donors (Lipinski definition) is 1. The van der Waals surface area contributed by atoms with Crippen LogP contribution in [0.5, 0.6) is 5.75 Å². The molecule has 2 heterocycles. The van der Waals surface area contributed by atoms with Gasteiger partial charge in [0.15, 0.2) is 0 Å². The lowest BCUT2D eigenvalue weighted by Crippen LogP contribution is -2.21. The van der Waals surface area contributed by atoms with Crippen molar-refractivity contribution < 1.29 is 14.6 Å². The molecule has 0 saturated heterocycles. The average Bonchev–Trinajstić information content (AvgIpc) is 3.14. The van der Waals surface area contributed by atoms with Gasteiger partial charge in [0.2, 0.25) is 0 Å². The third-order valence-electron chi connectivity index (χ3n) is 6.80. The summed E-state index contributed by atoms with van der Waals surface area (Å²) < 4.78 is 7.99. The lowest BCUT2D eigenvalue weighted by atomic mass is 9.94. The highest BCUT2D eigenvalue weighted by molar-refractivity contribution is 6.09. The molecule has 0 aliphatic heterocycles. The first kappa shape index (κ1) is 34.0. The number of nitrogens with zero attached hydrogens (tertiary/aromatic N) is 4. The SMILES string of the molecule is CCOC(=O)c1c(CN(C)C)n(C2CCCCC2)c2cc(-c3cccnc3)c(O)c(CN(C)C)c12.Cl.Cl.Cl. The van der Waals surface area contributed by atoms with E-state index in [0.29, 0.717) is 31.3 Å². The minimum atomic E-state index is -0.322. The van der Waals surface area contributed by atoms with Crippen molar-refractivity contribution in [2.24, 2.45) is 0 Å². The van der Waals surface area contributed by atoms with E-state index in [9.17, 15) is 9.90 Å². The molecule has 1 saturated carbocycles. The van der Waals surface area contributed by atoms with Crippen LogP contribution in [-0.2, 0) is 17.8 Å². The second kappa shape index (κ2) is 14.9. The van der Waals surface area contributed by atoms with E-state index in [1.54, 1.807) is 12.4 Å². The molecule has 0 atom stereocenters. The van der Waals surface area contributed by atoms with Crippen LogP contribution in [0.25, 0.3) is 22.0 Å². The number of phenols is 1. The van der Waals surface area contributed by atoms with Crippen LogP contribution in [-0.4, -0.2) is 65.2 Å². The number of aromatic hydroxyl groups is 1. The number of pyridine rings is 1. The van der Waals surface area contributed by atoms with Crippen molar-refractivity contribution in [2.75, 3.05) is 34.8 Å². The van der Waals surface area contributed by atoms with Gasteiger partial charge in [-0.1, -0.05) is 25.3 Å². The molecule has 1 N–H and O–H groups in total. The van der Waals surface area contributed by atoms with Crippen molar-refractivity contribution in [3.63, 3.8) is 0 Å². The molecule has 212 valence electrons. The monoisotopic (exact) mass is 586 g/mol. The van der Waals surface area contributed by atoms with Gasteiger partial charge in [-0.15, -0.1) is 37.2 Å². The Morgan fingerprint density at radius 1 is 1.08 bits per heavy atom. The maximum atomic E-state index is 13.5. The molecule has 1 aliphatic carbocycles. The van der Waals surface area contributed by atoms with Crippen molar-refractivity contribution in [1.29, 1.82) is 0 Å². The second-order valence-electron chi connectivity index (χ2n) is 10.1. The van der Waals surface area contributed by atoms with Crippen LogP contribution in [0.3, 0.4) is 0 Å². The summed E-state index contributed by atoms with van der Waals surface area (Å²) in [7, 11) is 8.00. The predicted octanol–water partition coefficient (Wildman–Crippen LogP) is 6.48. The Balaban J connectivity index is 0.00000241. The van der Waals surface area contributed by atoms with E-state index in [-0.39, 0.29) is 48.9 Å². The van der Waals surface area contributed by atoms with E-state index < -0.39 is 0 Å². The number of hydrogen-bond acceptors (Lipinski definition) is 6. The minimum absolute atomic E-state index is 0. The van der Waals surface area contributed by atoms with Gasteiger partial charge in [0.25, 0.3) is 0 Å². The van der Waals surface area contributed by atoms with Crippen LogP contribution in [0.15, 0.2) is 30.6 Å². The Kier molecular flexibility index (Phi) is 13.4. The van der Waals surface area contributed by atoms with Crippen LogP contribution < -0.4 is 0 Å². The fourth-order valence-electron chi connectivity index (χ4n) is 5.44. The molecule has 0 radical (unpaired) electrons. The maximum absolute atomic E-state index is 13.5. The van der Waals surface area contributed by atoms with Gasteiger partial charge in [-0.25, -0.2) is 4.79 Å². The van der Waals surface area contributed by atoms with Crippen molar-refractivity contribution in [1.82, 2.24) is 19.4 Å². The summed E-state index contributed by atoms with van der Waals surface area (Å²) in [6, 6.07) is 6.21. The number of halogens is 3. The second-order valence-corrected chi connectivity index (χ2v) is 10.1. The molecule has 10 heteroatoms. The number of benzene rings is 1. The molecule has 38 heavy (non-hydrogen) atoms. The molecular formula is C28H41Cl3N4O3. The normalized spacial score (nSPS) is 13.7. The maximum Gasteiger partial charge on any atom is 0.340 e. The fraction of sp³-hybridized carbons (Fsp3) is 0.500. The summed E-state index contributed by atoms with van der Waals surface area (Å²) in [6.45, 7) is 3.25. The fourth-order valence-corrected chi connectivity index (χ4v) is 5.44. The average molecular weight is 588 g/mol. The third-order valence-corrected chi connectivity index (χ3v) is 6.80. The van der Waals surface area contributed by atoms with Gasteiger partial charge < -0.3 is 24.2 Å². The number of esters is 1. The van der Waals surface area contributed by atoms with Crippen LogP contribution in [0.1, 0.15) is 66.7 Å². The first-order chi connectivity index (χ1) is 16.8. The van der Waals surface area contributed by atoms with Crippen molar-refractivity contribution in [3.05, 3.63) is 47.4 Å². The zero-order valence-electron chi connectivity index (χ0n) is 22.9. The first-order valence-electron chi connectivity index (χ1n) is 12.6. The van der Waals surface area contributed by atoms with Gasteiger partial charge in [0, 0.05) is 59.3 Å². The van der Waals surface area contributed by atoms with E-state index in [0.717, 1.165) is 46.1 Å². The molecule has 0 bridgehead atoms. The van der Waals surface area contributed by atoms with Crippen LogP contribution in [0, 0.1) is 0 Å². The Morgan fingerprint density at radius 2 is 1.74 bits per heavy atom. The summed E-state index contributed by atoms with van der Waals surface area (Å²) in [4.78, 5) is 21.9. The van der Waals surface area contributed by atoms with Gasteiger partial charge in [-0.05, 0) is 60.1 Å². The topological polar surface area (TPSA) is 70.8 Å². The molecular weight excluding hydrogens is 547 g/mol. The number of phenolic OH excluding ortho intramolecular Hbond substituents is 1. The quantitative estimate of drug-likeness (QED) is 0.304. The van der Waals surface area contributed by atoms with Gasteiger partial charge in [-0.2, -0.15) is 0 Å². The van der Waals surface area contributed by atoms with Crippen LogP contribution >= 0.6 is 37.2 Å². The van der Waals surface area contributed by atoms with E-state index in [1.807, 2.05) is 52.1 Å². The number of rotatable bonds is 8. The van der Waals surface area contributed by atoms with E-state index in [2.05, 4.69) is 20.5 Å². The highest BCUT2D eigenvalue weighted by Crippen LogP contribution is 2.44. The van der Waals surface area contributed by atoms with E-state index in [4.69, 9.17) is 4.74 Å². The largest absolute Gasteiger partial charge is 0.507 e. The highest BCUT2D eigenvalue weighted by atomic mass is 35.5.